The van der Waals surface area contributed by atoms with E-state index in [1.165, 1.54) is 5.69 Å². The van der Waals surface area contributed by atoms with Crippen LogP contribution in [-0.4, -0.2) is 60.0 Å². The average Bonchev–Trinajstić information content (AvgIpc) is 3.18. The van der Waals surface area contributed by atoms with E-state index >= 15 is 0 Å². The lowest BCUT2D eigenvalue weighted by Gasteiger charge is -2.38. The number of likely N-dealkylation sites (N-methyl/N-ethyl adjacent to an activating group) is 1. The molecule has 0 spiro atoms. The summed E-state index contributed by atoms with van der Waals surface area (Å²) >= 11 is 3.23. The zero-order chi connectivity index (χ0) is 17.1. The lowest BCUT2D eigenvalue weighted by atomic mass is 10.1. The third-order valence-electron chi connectivity index (χ3n) is 4.56. The van der Waals surface area contributed by atoms with Gasteiger partial charge in [0.05, 0.1) is 6.04 Å². The van der Waals surface area contributed by atoms with Crippen LogP contribution in [0.5, 0.6) is 0 Å². The topological polar surface area (TPSA) is 53.6 Å². The first-order valence-corrected chi connectivity index (χ1v) is 8.91. The van der Waals surface area contributed by atoms with Crippen LogP contribution in [0.3, 0.4) is 0 Å². The number of carbonyl (C=O) groups is 1. The van der Waals surface area contributed by atoms with Gasteiger partial charge >= 0.3 is 0 Å². The van der Waals surface area contributed by atoms with Gasteiger partial charge in [-0.15, -0.1) is 0 Å². The van der Waals surface area contributed by atoms with Crippen LogP contribution >= 0.6 is 15.9 Å². The molecule has 1 amide bonds. The maximum absolute atomic E-state index is 12.3. The van der Waals surface area contributed by atoms with Gasteiger partial charge in [0.15, 0.2) is 10.4 Å². The Hall–Kier alpha value is -1.57. The number of aryl methyl sites for hydroxylation is 1. The van der Waals surface area contributed by atoms with Gasteiger partial charge < -0.3 is 19.2 Å². The highest BCUT2D eigenvalue weighted by Gasteiger charge is 2.26. The van der Waals surface area contributed by atoms with Crippen LogP contribution in [0.25, 0.3) is 0 Å². The number of nitrogens with one attached hydrogen (secondary N) is 1. The number of hydrogen-bond acceptors (Lipinski definition) is 4. The highest BCUT2D eigenvalue weighted by atomic mass is 79.9. The molecule has 24 heavy (non-hydrogen) atoms. The van der Waals surface area contributed by atoms with E-state index in [1.54, 1.807) is 12.1 Å². The number of carbonyl (C=O) groups excluding carboxylic acids is 1. The lowest BCUT2D eigenvalue weighted by molar-refractivity contribution is 0.0854. The van der Waals surface area contributed by atoms with Crippen molar-refractivity contribution in [2.45, 2.75) is 6.04 Å². The van der Waals surface area contributed by atoms with Crippen LogP contribution in [0.2, 0.25) is 0 Å². The van der Waals surface area contributed by atoms with Crippen molar-refractivity contribution < 1.29 is 9.21 Å². The van der Waals surface area contributed by atoms with Crippen molar-refractivity contribution in [3.05, 3.63) is 46.6 Å². The maximum Gasteiger partial charge on any atom is 0.287 e. The average molecular weight is 395 g/mol. The van der Waals surface area contributed by atoms with Crippen molar-refractivity contribution in [1.82, 2.24) is 19.7 Å². The number of furan rings is 1. The third kappa shape index (κ3) is 3.91. The maximum atomic E-state index is 12.3. The molecule has 1 saturated heterocycles. The van der Waals surface area contributed by atoms with E-state index in [2.05, 4.69) is 48.7 Å². The minimum absolute atomic E-state index is 0.154. The van der Waals surface area contributed by atoms with Gasteiger partial charge in [-0.1, -0.05) is 0 Å². The van der Waals surface area contributed by atoms with Crippen LogP contribution < -0.4 is 5.32 Å². The van der Waals surface area contributed by atoms with Crippen molar-refractivity contribution in [3.8, 4) is 0 Å². The molecular formula is C17H23BrN4O2. The number of halogens is 1. The van der Waals surface area contributed by atoms with Crippen molar-refractivity contribution >= 4 is 21.8 Å². The normalized spacial score (nSPS) is 17.8. The first-order valence-electron chi connectivity index (χ1n) is 8.12. The van der Waals surface area contributed by atoms with Crippen LogP contribution in [-0.2, 0) is 7.05 Å². The Balaban J connectivity index is 1.70. The fourth-order valence-corrected chi connectivity index (χ4v) is 3.39. The Morgan fingerprint density at radius 1 is 1.25 bits per heavy atom. The first-order chi connectivity index (χ1) is 11.5. The van der Waals surface area contributed by atoms with Gasteiger partial charge in [-0.2, -0.15) is 0 Å². The Bertz CT molecular complexity index is 688. The smallest absolute Gasteiger partial charge is 0.287 e. The second kappa shape index (κ2) is 7.55. The molecule has 0 aliphatic carbocycles. The van der Waals surface area contributed by atoms with Crippen LogP contribution in [0, 0.1) is 0 Å². The minimum atomic E-state index is -0.186. The van der Waals surface area contributed by atoms with Crippen molar-refractivity contribution in [1.29, 1.82) is 0 Å². The largest absolute Gasteiger partial charge is 0.444 e. The first kappa shape index (κ1) is 17.3. The van der Waals surface area contributed by atoms with Crippen molar-refractivity contribution in [2.24, 2.45) is 7.05 Å². The Morgan fingerprint density at radius 2 is 2.00 bits per heavy atom. The van der Waals surface area contributed by atoms with Gasteiger partial charge in [0, 0.05) is 51.7 Å². The molecule has 7 heteroatoms. The van der Waals surface area contributed by atoms with Gasteiger partial charge in [0.2, 0.25) is 0 Å². The SMILES string of the molecule is CN1CCN([C@H](CNC(=O)c2ccc(Br)o2)c2cccn2C)CC1. The zero-order valence-corrected chi connectivity index (χ0v) is 15.6. The summed E-state index contributed by atoms with van der Waals surface area (Å²) in [5.41, 5.74) is 1.21. The highest BCUT2D eigenvalue weighted by molar-refractivity contribution is 9.10. The second-order valence-electron chi connectivity index (χ2n) is 6.21. The van der Waals surface area contributed by atoms with E-state index < -0.39 is 0 Å². The summed E-state index contributed by atoms with van der Waals surface area (Å²) in [5.74, 6) is 0.139. The summed E-state index contributed by atoms with van der Waals surface area (Å²) in [4.78, 5) is 17.1. The van der Waals surface area contributed by atoms with E-state index in [0.29, 0.717) is 17.0 Å². The number of hydrogen-bond donors (Lipinski definition) is 1. The Labute approximate surface area is 150 Å². The fourth-order valence-electron chi connectivity index (χ4n) is 3.09. The summed E-state index contributed by atoms with van der Waals surface area (Å²) in [7, 11) is 4.19. The summed E-state index contributed by atoms with van der Waals surface area (Å²) in [6, 6.07) is 7.72. The van der Waals surface area contributed by atoms with Gasteiger partial charge in [-0.3, -0.25) is 9.69 Å². The van der Waals surface area contributed by atoms with E-state index in [0.717, 1.165) is 26.2 Å². The fraction of sp³-hybridized carbons (Fsp3) is 0.471. The molecule has 2 aromatic rings. The molecule has 0 bridgehead atoms. The van der Waals surface area contributed by atoms with E-state index in [1.807, 2.05) is 19.3 Å². The molecule has 1 N–H and O–H groups in total. The summed E-state index contributed by atoms with van der Waals surface area (Å²) < 4.78 is 8.02. The van der Waals surface area contributed by atoms with Gasteiger partial charge in [-0.05, 0) is 47.2 Å². The number of aromatic nitrogens is 1. The van der Waals surface area contributed by atoms with Crippen molar-refractivity contribution in [2.75, 3.05) is 39.8 Å². The lowest BCUT2D eigenvalue weighted by Crippen LogP contribution is -2.48. The number of nitrogens with zero attached hydrogens (tertiary/aromatic N) is 3. The molecule has 1 atom stereocenters. The molecule has 1 fully saturated rings. The summed E-state index contributed by atoms with van der Waals surface area (Å²) in [6.07, 6.45) is 2.05. The molecule has 1 aliphatic heterocycles. The van der Waals surface area contributed by atoms with E-state index in [4.69, 9.17) is 4.42 Å². The van der Waals surface area contributed by atoms with Crippen LogP contribution in [0.1, 0.15) is 22.3 Å². The molecular weight excluding hydrogens is 372 g/mol. The van der Waals surface area contributed by atoms with Gasteiger partial charge in [0.25, 0.3) is 5.91 Å². The second-order valence-corrected chi connectivity index (χ2v) is 6.99. The predicted molar refractivity (Wildman–Crippen MR) is 96.0 cm³/mol. The van der Waals surface area contributed by atoms with Gasteiger partial charge in [-0.25, -0.2) is 0 Å². The number of rotatable bonds is 5. The molecule has 6 nitrogen and oxygen atoms in total. The summed E-state index contributed by atoms with van der Waals surface area (Å²) in [5, 5.41) is 3.01. The third-order valence-corrected chi connectivity index (χ3v) is 4.98. The molecule has 3 heterocycles. The standard InChI is InChI=1S/C17H23BrN4O2/c1-20-8-10-22(11-9-20)14(13-4-3-7-21(13)2)12-19-17(23)15-5-6-16(18)24-15/h3-7,14H,8-12H2,1-2H3,(H,19,23)/t14-/m1/s1. The van der Waals surface area contributed by atoms with Crippen LogP contribution in [0.4, 0.5) is 0 Å². The Morgan fingerprint density at radius 3 is 2.58 bits per heavy atom. The quantitative estimate of drug-likeness (QED) is 0.843. The number of amides is 1. The van der Waals surface area contributed by atoms with Gasteiger partial charge in [0.1, 0.15) is 0 Å². The van der Waals surface area contributed by atoms with Crippen molar-refractivity contribution in [3.63, 3.8) is 0 Å². The summed E-state index contributed by atoms with van der Waals surface area (Å²) in [6.45, 7) is 4.63. The molecule has 130 valence electrons. The number of piperazine rings is 1. The minimum Gasteiger partial charge on any atom is -0.444 e. The monoisotopic (exact) mass is 394 g/mol. The molecule has 0 aromatic carbocycles. The van der Waals surface area contributed by atoms with E-state index in [-0.39, 0.29) is 11.9 Å². The highest BCUT2D eigenvalue weighted by Crippen LogP contribution is 2.22. The molecule has 0 radical (unpaired) electrons. The Kier molecular flexibility index (Phi) is 5.43. The molecule has 0 saturated carbocycles. The molecule has 3 rings (SSSR count). The molecule has 2 aromatic heterocycles. The molecule has 0 unspecified atom stereocenters. The van der Waals surface area contributed by atoms with Crippen LogP contribution in [0.15, 0.2) is 39.5 Å². The van der Waals surface area contributed by atoms with E-state index in [9.17, 15) is 4.79 Å². The predicted octanol–water partition coefficient (Wildman–Crippen LogP) is 2.10. The zero-order valence-electron chi connectivity index (χ0n) is 14.0. The molecule has 1 aliphatic rings.